The molecule has 1 aliphatic rings. The van der Waals surface area contributed by atoms with Crippen LogP contribution in [0, 0.1) is 0 Å². The van der Waals surface area contributed by atoms with Gasteiger partial charge in [-0.05, 0) is 44.0 Å². The monoisotopic (exact) mass is 325 g/mol. The molecule has 1 amide bonds. The fraction of sp³-hybridized carbons (Fsp3) is 0.467. The van der Waals surface area contributed by atoms with Crippen molar-refractivity contribution >= 4 is 21.7 Å². The number of rotatable bonds is 4. The molecule has 0 radical (unpaired) electrons. The third-order valence-corrected chi connectivity index (χ3v) is 4.70. The van der Waals surface area contributed by atoms with E-state index in [2.05, 4.69) is 0 Å². The molecule has 7 heteroatoms. The molecule has 1 atom stereocenters. The van der Waals surface area contributed by atoms with E-state index in [4.69, 9.17) is 4.74 Å². The van der Waals surface area contributed by atoms with Crippen molar-refractivity contribution in [1.82, 2.24) is 4.90 Å². The van der Waals surface area contributed by atoms with Crippen LogP contribution in [0.15, 0.2) is 29.2 Å². The van der Waals surface area contributed by atoms with E-state index in [9.17, 15) is 18.0 Å². The van der Waals surface area contributed by atoms with Crippen LogP contribution in [0.3, 0.4) is 0 Å². The summed E-state index contributed by atoms with van der Waals surface area (Å²) in [5.41, 5.74) is 0.216. The number of likely N-dealkylation sites (tertiary alicyclic amines) is 1. The Labute approximate surface area is 130 Å². The van der Waals surface area contributed by atoms with Crippen LogP contribution in [0.2, 0.25) is 0 Å². The SMILES string of the molecule is C[C@H](OC(=O)c1ccc(S(C)(=O)=O)cc1)C(=O)N1CCCC1. The highest BCUT2D eigenvalue weighted by atomic mass is 32.2. The number of ether oxygens (including phenoxy) is 1. The van der Waals surface area contributed by atoms with Crippen molar-refractivity contribution in [1.29, 1.82) is 0 Å². The molecule has 6 nitrogen and oxygen atoms in total. The second-order valence-corrected chi connectivity index (χ2v) is 7.39. The lowest BCUT2D eigenvalue weighted by molar-refractivity contribution is -0.138. The van der Waals surface area contributed by atoms with Gasteiger partial charge in [-0.25, -0.2) is 13.2 Å². The van der Waals surface area contributed by atoms with Crippen LogP contribution >= 0.6 is 0 Å². The van der Waals surface area contributed by atoms with E-state index in [1.165, 1.54) is 24.3 Å². The highest BCUT2D eigenvalue weighted by Gasteiger charge is 2.26. The molecular formula is C15H19NO5S. The zero-order valence-corrected chi connectivity index (χ0v) is 13.4. The molecule has 1 aliphatic heterocycles. The number of nitrogens with zero attached hydrogens (tertiary/aromatic N) is 1. The second kappa shape index (κ2) is 6.48. The summed E-state index contributed by atoms with van der Waals surface area (Å²) in [5.74, 6) is -0.835. The number of sulfone groups is 1. The Morgan fingerprint density at radius 3 is 2.18 bits per heavy atom. The molecule has 0 spiro atoms. The van der Waals surface area contributed by atoms with Crippen LogP contribution < -0.4 is 0 Å². The lowest BCUT2D eigenvalue weighted by Crippen LogP contribution is -2.38. The van der Waals surface area contributed by atoms with Gasteiger partial charge in [-0.1, -0.05) is 0 Å². The van der Waals surface area contributed by atoms with E-state index >= 15 is 0 Å². The Bertz CT molecular complexity index is 660. The van der Waals surface area contributed by atoms with Gasteiger partial charge in [0.1, 0.15) is 0 Å². The number of amides is 1. The summed E-state index contributed by atoms with van der Waals surface area (Å²) < 4.78 is 27.9. The fourth-order valence-electron chi connectivity index (χ4n) is 2.31. The molecule has 1 aromatic carbocycles. The highest BCUT2D eigenvalue weighted by molar-refractivity contribution is 7.90. The number of hydrogen-bond acceptors (Lipinski definition) is 5. The van der Waals surface area contributed by atoms with Crippen molar-refractivity contribution < 1.29 is 22.7 Å². The zero-order chi connectivity index (χ0) is 16.3. The second-order valence-electron chi connectivity index (χ2n) is 5.38. The summed E-state index contributed by atoms with van der Waals surface area (Å²) >= 11 is 0. The Morgan fingerprint density at radius 2 is 1.68 bits per heavy atom. The molecule has 0 saturated carbocycles. The van der Waals surface area contributed by atoms with Crippen molar-refractivity contribution in [2.75, 3.05) is 19.3 Å². The summed E-state index contributed by atoms with van der Waals surface area (Å²) in [6.45, 7) is 2.94. The van der Waals surface area contributed by atoms with Gasteiger partial charge < -0.3 is 9.64 Å². The average molecular weight is 325 g/mol. The third-order valence-electron chi connectivity index (χ3n) is 3.57. The quantitative estimate of drug-likeness (QED) is 0.779. The largest absolute Gasteiger partial charge is 0.449 e. The summed E-state index contributed by atoms with van der Waals surface area (Å²) in [5, 5.41) is 0. The smallest absolute Gasteiger partial charge is 0.338 e. The highest BCUT2D eigenvalue weighted by Crippen LogP contribution is 2.14. The first-order valence-corrected chi connectivity index (χ1v) is 8.98. The molecule has 1 fully saturated rings. The van der Waals surface area contributed by atoms with Crippen molar-refractivity contribution in [2.45, 2.75) is 30.8 Å². The van der Waals surface area contributed by atoms with E-state index in [0.717, 1.165) is 19.1 Å². The standard InChI is InChI=1S/C15H19NO5S/c1-11(14(17)16-9-3-4-10-16)21-15(18)12-5-7-13(8-6-12)22(2,19)20/h5-8,11H,3-4,9-10H2,1-2H3/t11-/m0/s1. The zero-order valence-electron chi connectivity index (χ0n) is 12.6. The van der Waals surface area contributed by atoms with Crippen LogP contribution in [0.4, 0.5) is 0 Å². The predicted molar refractivity (Wildman–Crippen MR) is 80.2 cm³/mol. The molecule has 0 aliphatic carbocycles. The van der Waals surface area contributed by atoms with E-state index < -0.39 is 21.9 Å². The van der Waals surface area contributed by atoms with Gasteiger partial charge in [0.15, 0.2) is 15.9 Å². The Hall–Kier alpha value is -1.89. The molecule has 120 valence electrons. The van der Waals surface area contributed by atoms with Crippen LogP contribution in [0.1, 0.15) is 30.1 Å². The Balaban J connectivity index is 2.01. The number of esters is 1. The summed E-state index contributed by atoms with van der Waals surface area (Å²) in [6, 6.07) is 5.45. The first-order chi connectivity index (χ1) is 10.3. The van der Waals surface area contributed by atoms with Crippen LogP contribution in [-0.2, 0) is 19.4 Å². The minimum atomic E-state index is -3.31. The van der Waals surface area contributed by atoms with Gasteiger partial charge in [-0.15, -0.1) is 0 Å². The Morgan fingerprint density at radius 1 is 1.14 bits per heavy atom. The fourth-order valence-corrected chi connectivity index (χ4v) is 2.94. The molecule has 0 bridgehead atoms. The van der Waals surface area contributed by atoms with Crippen molar-refractivity contribution in [3.05, 3.63) is 29.8 Å². The maximum Gasteiger partial charge on any atom is 0.338 e. The van der Waals surface area contributed by atoms with Gasteiger partial charge >= 0.3 is 5.97 Å². The topological polar surface area (TPSA) is 80.8 Å². The van der Waals surface area contributed by atoms with Crippen LogP contribution in [-0.4, -0.2) is 50.6 Å². The third kappa shape index (κ3) is 3.85. The number of carbonyl (C=O) groups excluding carboxylic acids is 2. The molecule has 1 saturated heterocycles. The van der Waals surface area contributed by atoms with Gasteiger partial charge in [-0.3, -0.25) is 4.79 Å². The summed E-state index contributed by atoms with van der Waals surface area (Å²) in [6.07, 6.45) is 2.19. The van der Waals surface area contributed by atoms with E-state index in [1.807, 2.05) is 0 Å². The minimum absolute atomic E-state index is 0.130. The van der Waals surface area contributed by atoms with Crippen LogP contribution in [0.5, 0.6) is 0 Å². The molecule has 1 aromatic rings. The lowest BCUT2D eigenvalue weighted by atomic mass is 10.2. The number of carbonyl (C=O) groups is 2. The van der Waals surface area contributed by atoms with E-state index in [-0.39, 0.29) is 16.4 Å². The molecule has 0 N–H and O–H groups in total. The summed E-state index contributed by atoms with van der Waals surface area (Å²) in [7, 11) is -3.31. The van der Waals surface area contributed by atoms with Gasteiger partial charge in [0.25, 0.3) is 5.91 Å². The van der Waals surface area contributed by atoms with Gasteiger partial charge in [0.05, 0.1) is 10.5 Å². The van der Waals surface area contributed by atoms with Gasteiger partial charge in [0.2, 0.25) is 0 Å². The average Bonchev–Trinajstić information content (AvgIpc) is 2.99. The maximum absolute atomic E-state index is 12.1. The first-order valence-electron chi connectivity index (χ1n) is 7.09. The van der Waals surface area contributed by atoms with Crippen molar-refractivity contribution in [2.24, 2.45) is 0 Å². The number of benzene rings is 1. The normalized spacial score (nSPS) is 16.4. The van der Waals surface area contributed by atoms with E-state index in [0.29, 0.717) is 13.1 Å². The molecule has 0 aromatic heterocycles. The van der Waals surface area contributed by atoms with Crippen LogP contribution in [0.25, 0.3) is 0 Å². The van der Waals surface area contributed by atoms with Crippen molar-refractivity contribution in [3.8, 4) is 0 Å². The summed E-state index contributed by atoms with van der Waals surface area (Å²) in [4.78, 5) is 25.9. The molecule has 2 rings (SSSR count). The molecule has 22 heavy (non-hydrogen) atoms. The van der Waals surface area contributed by atoms with Crippen molar-refractivity contribution in [3.63, 3.8) is 0 Å². The van der Waals surface area contributed by atoms with E-state index in [1.54, 1.807) is 11.8 Å². The molecular weight excluding hydrogens is 306 g/mol. The first kappa shape index (κ1) is 16.5. The molecule has 1 heterocycles. The predicted octanol–water partition coefficient (Wildman–Crippen LogP) is 1.26. The maximum atomic E-state index is 12.1. The lowest BCUT2D eigenvalue weighted by Gasteiger charge is -2.20. The van der Waals surface area contributed by atoms with Gasteiger partial charge in [0, 0.05) is 19.3 Å². The molecule has 0 unspecified atom stereocenters. The Kier molecular flexibility index (Phi) is 4.85. The minimum Gasteiger partial charge on any atom is -0.449 e. The number of hydrogen-bond donors (Lipinski definition) is 0. The van der Waals surface area contributed by atoms with Gasteiger partial charge in [-0.2, -0.15) is 0 Å².